The highest BCUT2D eigenvalue weighted by Gasteiger charge is 2.36. The van der Waals surface area contributed by atoms with Crippen LogP contribution >= 0.6 is 11.5 Å². The number of aromatic nitrogens is 1. The molecule has 0 aliphatic carbocycles. The van der Waals surface area contributed by atoms with Gasteiger partial charge >= 0.3 is 0 Å². The largest absolute Gasteiger partial charge is 0.497 e. The minimum Gasteiger partial charge on any atom is -0.497 e. The zero-order chi connectivity index (χ0) is 30.6. The number of nitrogen functional groups attached to an aromatic ring is 1. The molecule has 10 nitrogen and oxygen atoms in total. The number of nitrogens with two attached hydrogens (primary N) is 2. The summed E-state index contributed by atoms with van der Waals surface area (Å²) in [7, 11) is 5.43. The lowest BCUT2D eigenvalue weighted by Crippen LogP contribution is -2.44. The fourth-order valence-electron chi connectivity index (χ4n) is 4.61. The number of methoxy groups -OCH3 is 1. The van der Waals surface area contributed by atoms with Crippen LogP contribution in [0.25, 0.3) is 0 Å². The predicted octanol–water partition coefficient (Wildman–Crippen LogP) is 4.22. The Labute approximate surface area is 249 Å². The second kappa shape index (κ2) is 12.7. The number of primary amides is 1. The molecule has 11 heteroatoms. The second-order valence-corrected chi connectivity index (χ2v) is 10.9. The molecule has 0 aliphatic heterocycles. The zero-order valence-corrected chi connectivity index (χ0v) is 25.0. The van der Waals surface area contributed by atoms with Crippen LogP contribution in [0.3, 0.4) is 0 Å². The Morgan fingerprint density at radius 3 is 2.10 bits per heavy atom. The van der Waals surface area contributed by atoms with Crippen LogP contribution in [0.2, 0.25) is 0 Å². The number of hydrogen-bond acceptors (Lipinski definition) is 8. The third kappa shape index (κ3) is 6.52. The molecule has 4 rings (SSSR count). The minimum absolute atomic E-state index is 0.0147. The van der Waals surface area contributed by atoms with Gasteiger partial charge in [0.1, 0.15) is 16.7 Å². The Kier molecular flexibility index (Phi) is 9.12. The van der Waals surface area contributed by atoms with Crippen molar-refractivity contribution in [1.29, 1.82) is 0 Å². The average Bonchev–Trinajstić information content (AvgIpc) is 3.35. The average molecular weight is 587 g/mol. The number of amides is 3. The first kappa shape index (κ1) is 30.1. The molecule has 0 saturated carbocycles. The van der Waals surface area contributed by atoms with Gasteiger partial charge in [0.05, 0.1) is 12.8 Å². The van der Waals surface area contributed by atoms with Crippen molar-refractivity contribution in [3.8, 4) is 5.75 Å². The van der Waals surface area contributed by atoms with E-state index < -0.39 is 23.8 Å². The maximum atomic E-state index is 14.3. The van der Waals surface area contributed by atoms with E-state index in [9.17, 15) is 14.4 Å². The highest BCUT2D eigenvalue weighted by molar-refractivity contribution is 7.09. The van der Waals surface area contributed by atoms with Crippen LogP contribution in [-0.2, 0) is 11.3 Å². The topological polar surface area (TPSA) is 144 Å². The van der Waals surface area contributed by atoms with Gasteiger partial charge in [0.2, 0.25) is 5.91 Å². The fourth-order valence-corrected chi connectivity index (χ4v) is 5.36. The molecule has 1 atom stereocenters. The SMILES string of the molecule is COc1ccc(CNC(=O)C(c2ccc(N(C)C)cc2)N(C(=O)c2snc(C(N)=O)c2N)c2cc(C)cc(C)c2)cc1. The van der Waals surface area contributed by atoms with Crippen LogP contribution in [0, 0.1) is 13.8 Å². The molecule has 0 bridgehead atoms. The number of benzene rings is 3. The van der Waals surface area contributed by atoms with Gasteiger partial charge in [-0.15, -0.1) is 0 Å². The summed E-state index contributed by atoms with van der Waals surface area (Å²) in [4.78, 5) is 43.7. The zero-order valence-electron chi connectivity index (χ0n) is 24.2. The Morgan fingerprint density at radius 1 is 0.952 bits per heavy atom. The van der Waals surface area contributed by atoms with Crippen molar-refractivity contribution in [2.24, 2.45) is 5.73 Å². The molecule has 4 aromatic rings. The van der Waals surface area contributed by atoms with Crippen LogP contribution in [-0.4, -0.2) is 43.3 Å². The molecule has 0 radical (unpaired) electrons. The molecule has 0 fully saturated rings. The number of rotatable bonds is 10. The molecule has 5 N–H and O–H groups in total. The van der Waals surface area contributed by atoms with Crippen LogP contribution in [0.15, 0.2) is 66.7 Å². The third-order valence-electron chi connectivity index (χ3n) is 6.72. The van der Waals surface area contributed by atoms with E-state index in [1.807, 2.05) is 99.6 Å². The molecule has 218 valence electrons. The standard InChI is InChI=1S/C31H34N6O4S/c1-18-14-19(2)16-23(15-18)37(31(40)28-25(32)26(29(33)38)35-42-28)27(21-8-10-22(11-9-21)36(3)4)30(39)34-17-20-6-12-24(41-5)13-7-20/h6-16,27H,17,32H2,1-5H3,(H2,33,38)(H,34,39). The summed E-state index contributed by atoms with van der Waals surface area (Å²) in [6.45, 7) is 4.05. The summed E-state index contributed by atoms with van der Waals surface area (Å²) in [5.74, 6) is -1.13. The minimum atomic E-state index is -1.09. The maximum Gasteiger partial charge on any atom is 0.273 e. The fraction of sp³-hybridized carbons (Fsp3) is 0.226. The Morgan fingerprint density at radius 2 is 1.57 bits per heavy atom. The molecule has 1 aromatic heterocycles. The normalized spacial score (nSPS) is 11.5. The van der Waals surface area contributed by atoms with Gasteiger partial charge in [-0.25, -0.2) is 0 Å². The first-order chi connectivity index (χ1) is 20.0. The number of nitrogens with zero attached hydrogens (tertiary/aromatic N) is 3. The predicted molar refractivity (Wildman–Crippen MR) is 166 cm³/mol. The molecule has 1 heterocycles. The van der Waals surface area contributed by atoms with Crippen LogP contribution in [0.5, 0.6) is 5.75 Å². The van der Waals surface area contributed by atoms with E-state index >= 15 is 0 Å². The van der Waals surface area contributed by atoms with E-state index in [4.69, 9.17) is 16.2 Å². The van der Waals surface area contributed by atoms with Crippen molar-refractivity contribution >= 4 is 46.3 Å². The van der Waals surface area contributed by atoms with E-state index in [0.717, 1.165) is 33.9 Å². The van der Waals surface area contributed by atoms with Gasteiger partial charge in [0, 0.05) is 32.0 Å². The number of carbonyl (C=O) groups is 3. The van der Waals surface area contributed by atoms with Gasteiger partial charge in [-0.05, 0) is 84.0 Å². The van der Waals surface area contributed by atoms with E-state index in [1.54, 1.807) is 7.11 Å². The number of ether oxygens (including phenoxy) is 1. The van der Waals surface area contributed by atoms with E-state index in [1.165, 1.54) is 4.90 Å². The van der Waals surface area contributed by atoms with Gasteiger partial charge in [0.15, 0.2) is 5.69 Å². The number of carbonyl (C=O) groups excluding carboxylic acids is 3. The van der Waals surface area contributed by atoms with E-state index in [0.29, 0.717) is 17.0 Å². The highest BCUT2D eigenvalue weighted by Crippen LogP contribution is 2.34. The first-order valence-corrected chi connectivity index (χ1v) is 13.9. The van der Waals surface area contributed by atoms with Gasteiger partial charge in [0.25, 0.3) is 11.8 Å². The van der Waals surface area contributed by atoms with Crippen molar-refractivity contribution in [3.05, 3.63) is 99.6 Å². The van der Waals surface area contributed by atoms with E-state index in [2.05, 4.69) is 9.69 Å². The van der Waals surface area contributed by atoms with Gasteiger partial charge < -0.3 is 26.4 Å². The lowest BCUT2D eigenvalue weighted by molar-refractivity contribution is -0.122. The Hall–Kier alpha value is -4.90. The summed E-state index contributed by atoms with van der Waals surface area (Å²) in [5, 5.41) is 2.99. The Balaban J connectivity index is 1.84. The van der Waals surface area contributed by atoms with Crippen molar-refractivity contribution in [2.75, 3.05) is 36.7 Å². The van der Waals surface area contributed by atoms with Gasteiger partial charge in [-0.3, -0.25) is 19.3 Å². The second-order valence-electron chi connectivity index (χ2n) is 10.1. The molecule has 42 heavy (non-hydrogen) atoms. The first-order valence-electron chi connectivity index (χ1n) is 13.1. The van der Waals surface area contributed by atoms with E-state index in [-0.39, 0.29) is 22.8 Å². The summed E-state index contributed by atoms with van der Waals surface area (Å²) in [6.07, 6.45) is 0. The summed E-state index contributed by atoms with van der Waals surface area (Å²) >= 11 is 0.771. The summed E-state index contributed by atoms with van der Waals surface area (Å²) in [6, 6.07) is 19.3. The molecule has 0 spiro atoms. The quantitative estimate of drug-likeness (QED) is 0.252. The summed E-state index contributed by atoms with van der Waals surface area (Å²) in [5.41, 5.74) is 16.0. The monoisotopic (exact) mass is 586 g/mol. The summed E-state index contributed by atoms with van der Waals surface area (Å²) < 4.78 is 9.26. The van der Waals surface area contributed by atoms with Crippen LogP contribution in [0.1, 0.15) is 48.5 Å². The molecule has 3 aromatic carbocycles. The van der Waals surface area contributed by atoms with Gasteiger partial charge in [-0.1, -0.05) is 30.3 Å². The molecule has 0 aliphatic rings. The Bertz CT molecular complexity index is 1580. The van der Waals surface area contributed by atoms with Gasteiger partial charge in [-0.2, -0.15) is 4.37 Å². The molecule has 3 amide bonds. The lowest BCUT2D eigenvalue weighted by Gasteiger charge is -2.32. The molecule has 1 unspecified atom stereocenters. The third-order valence-corrected chi connectivity index (χ3v) is 7.57. The highest BCUT2D eigenvalue weighted by atomic mass is 32.1. The van der Waals surface area contributed by atoms with Crippen molar-refractivity contribution in [3.63, 3.8) is 0 Å². The maximum absolute atomic E-state index is 14.3. The number of nitrogens with one attached hydrogen (secondary N) is 1. The number of aryl methyl sites for hydroxylation is 2. The number of anilines is 3. The van der Waals surface area contributed by atoms with Crippen molar-refractivity contribution < 1.29 is 19.1 Å². The molecular formula is C31H34N6O4S. The lowest BCUT2D eigenvalue weighted by atomic mass is 10.0. The molecule has 0 saturated heterocycles. The van der Waals surface area contributed by atoms with Crippen molar-refractivity contribution in [2.45, 2.75) is 26.4 Å². The van der Waals surface area contributed by atoms with Crippen LogP contribution in [0.4, 0.5) is 17.1 Å². The smallest absolute Gasteiger partial charge is 0.273 e. The number of hydrogen-bond donors (Lipinski definition) is 3. The van der Waals surface area contributed by atoms with Crippen LogP contribution < -0.4 is 31.3 Å². The van der Waals surface area contributed by atoms with Crippen molar-refractivity contribution in [1.82, 2.24) is 9.69 Å². The molecular weight excluding hydrogens is 552 g/mol.